The van der Waals surface area contributed by atoms with Crippen LogP contribution in [0.4, 0.5) is 0 Å². The molecular formula is C40H58N6O7. The molecule has 5 aliphatic rings. The van der Waals surface area contributed by atoms with E-state index in [2.05, 4.69) is 26.3 Å². The third kappa shape index (κ3) is 7.54. The number of Topliss-reactive ketones (excluding diaryl/α,β-unsaturated/α-hetero) is 2. The maximum atomic E-state index is 14.8. The molecule has 7 atom stereocenters. The number of aryl methyl sites for hydroxylation is 1. The van der Waals surface area contributed by atoms with Crippen LogP contribution >= 0.6 is 0 Å². The van der Waals surface area contributed by atoms with Crippen LogP contribution in [0.15, 0.2) is 0 Å². The first-order chi connectivity index (χ1) is 25.1. The third-order valence-electron chi connectivity index (χ3n) is 13.1. The SMILES string of the molecule is CCCC(NC(=O)[C@@H]1C[C@@H]2CCCC3[C@@H]2N1C(=O)[C@@H](NC(=O)[C@@H](NC(=O)c1[nH]c(C)c(C)c1C(C)=O)C1CCCCC1)C3(C)C)C(=O)C(=O)NC1CC1. The minimum atomic E-state index is -0.993. The highest BCUT2D eigenvalue weighted by molar-refractivity contribution is 6.38. The number of ketones is 2. The van der Waals surface area contributed by atoms with Gasteiger partial charge in [-0.2, -0.15) is 0 Å². The number of carbonyl (C=O) groups excluding carboxylic acids is 7. The Morgan fingerprint density at radius 2 is 1.60 bits per heavy atom. The molecule has 1 aromatic heterocycles. The quantitative estimate of drug-likeness (QED) is 0.151. The van der Waals surface area contributed by atoms with Gasteiger partial charge in [-0.25, -0.2) is 0 Å². The summed E-state index contributed by atoms with van der Waals surface area (Å²) in [4.78, 5) is 100. The van der Waals surface area contributed by atoms with Gasteiger partial charge in [0.05, 0.1) is 11.6 Å². The molecule has 0 radical (unpaired) electrons. The number of aromatic amines is 1. The van der Waals surface area contributed by atoms with Crippen molar-refractivity contribution in [2.45, 2.75) is 161 Å². The number of nitrogens with zero attached hydrogens (tertiary/aromatic N) is 1. The van der Waals surface area contributed by atoms with Gasteiger partial charge in [-0.1, -0.05) is 52.9 Å². The maximum Gasteiger partial charge on any atom is 0.289 e. The summed E-state index contributed by atoms with van der Waals surface area (Å²) in [6.07, 6.45) is 9.97. The summed E-state index contributed by atoms with van der Waals surface area (Å²) in [5, 5.41) is 11.7. The van der Waals surface area contributed by atoms with E-state index in [0.29, 0.717) is 36.1 Å². The lowest BCUT2D eigenvalue weighted by Gasteiger charge is -2.55. The molecule has 2 saturated heterocycles. The van der Waals surface area contributed by atoms with Crippen LogP contribution in [0.2, 0.25) is 0 Å². The number of hydrogen-bond donors (Lipinski definition) is 5. The molecule has 3 aliphatic carbocycles. The second-order valence-electron chi connectivity index (χ2n) is 17.0. The lowest BCUT2D eigenvalue weighted by molar-refractivity contribution is -0.160. The summed E-state index contributed by atoms with van der Waals surface area (Å²) in [6.45, 7) is 10.9. The molecule has 5 amide bonds. The van der Waals surface area contributed by atoms with Crippen LogP contribution in [-0.2, 0) is 24.0 Å². The van der Waals surface area contributed by atoms with Gasteiger partial charge in [0.25, 0.3) is 11.8 Å². The Kier molecular flexibility index (Phi) is 11.2. The summed E-state index contributed by atoms with van der Waals surface area (Å²) in [5.41, 5.74) is 1.16. The average molecular weight is 735 g/mol. The minimum Gasteiger partial charge on any atom is -0.354 e. The zero-order valence-corrected chi connectivity index (χ0v) is 32.2. The molecule has 5 N–H and O–H groups in total. The molecule has 2 aliphatic heterocycles. The van der Waals surface area contributed by atoms with Crippen molar-refractivity contribution in [3.05, 3.63) is 22.5 Å². The molecule has 3 heterocycles. The van der Waals surface area contributed by atoms with Crippen molar-refractivity contribution in [3.63, 3.8) is 0 Å². The standard InChI is InChI=1S/C40H58N6O7/c1-7-12-27(33(48)38(52)42-25-17-18-25)43-35(49)28-19-24-15-11-16-26-32(24)46(28)39(53)34(40(26,5)6)45-36(50)30(23-13-9-8-10-14-23)44-37(51)31-29(22(4)47)20(2)21(3)41-31/h23-28,30,32,34,41H,7-19H2,1-6H3,(H,42,52)(H,43,49)(H,44,51)(H,45,50)/t24-,26?,27?,28-,30-,32+,34+/m0/s1. The molecular weight excluding hydrogens is 676 g/mol. The predicted octanol–water partition coefficient (Wildman–Crippen LogP) is 3.56. The number of hydrogen-bond acceptors (Lipinski definition) is 7. The highest BCUT2D eigenvalue weighted by Gasteiger charge is 2.62. The van der Waals surface area contributed by atoms with Crippen LogP contribution in [0.3, 0.4) is 0 Å². The molecule has 13 heteroatoms. The normalized spacial score (nSPS) is 27.6. The van der Waals surface area contributed by atoms with Gasteiger partial charge in [-0.3, -0.25) is 33.6 Å². The first kappa shape index (κ1) is 38.7. The summed E-state index contributed by atoms with van der Waals surface area (Å²) in [5.74, 6) is -3.46. The Bertz CT molecular complexity index is 1660. The van der Waals surface area contributed by atoms with Crippen LogP contribution in [0, 0.1) is 37.0 Å². The van der Waals surface area contributed by atoms with Crippen molar-refractivity contribution in [1.82, 2.24) is 31.2 Å². The van der Waals surface area contributed by atoms with Crippen molar-refractivity contribution >= 4 is 41.1 Å². The number of piperidine rings is 1. The molecule has 3 saturated carbocycles. The van der Waals surface area contributed by atoms with E-state index in [4.69, 9.17) is 0 Å². The zero-order chi connectivity index (χ0) is 38.4. The minimum absolute atomic E-state index is 0.00477. The smallest absolute Gasteiger partial charge is 0.289 e. The number of carbonyl (C=O) groups is 7. The second-order valence-corrected chi connectivity index (χ2v) is 17.0. The van der Waals surface area contributed by atoms with Crippen molar-refractivity contribution in [1.29, 1.82) is 0 Å². The van der Waals surface area contributed by atoms with E-state index < -0.39 is 59.0 Å². The molecule has 6 rings (SSSR count). The van der Waals surface area contributed by atoms with Gasteiger partial charge in [-0.15, -0.1) is 0 Å². The van der Waals surface area contributed by atoms with Gasteiger partial charge >= 0.3 is 0 Å². The average Bonchev–Trinajstić information content (AvgIpc) is 3.77. The molecule has 5 fully saturated rings. The van der Waals surface area contributed by atoms with Crippen LogP contribution in [0.1, 0.15) is 143 Å². The topological polar surface area (TPSA) is 187 Å². The maximum absolute atomic E-state index is 14.8. The first-order valence-corrected chi connectivity index (χ1v) is 19.9. The largest absolute Gasteiger partial charge is 0.354 e. The monoisotopic (exact) mass is 734 g/mol. The lowest BCUT2D eigenvalue weighted by atomic mass is 9.60. The number of nitrogens with one attached hydrogen (secondary N) is 5. The van der Waals surface area contributed by atoms with Crippen molar-refractivity contribution < 1.29 is 33.6 Å². The van der Waals surface area contributed by atoms with Crippen LogP contribution in [0.5, 0.6) is 0 Å². The van der Waals surface area contributed by atoms with E-state index in [0.717, 1.165) is 64.2 Å². The summed E-state index contributed by atoms with van der Waals surface area (Å²) < 4.78 is 0. The van der Waals surface area contributed by atoms with Gasteiger partial charge in [-0.05, 0) is 101 Å². The molecule has 0 spiro atoms. The molecule has 0 aromatic carbocycles. The summed E-state index contributed by atoms with van der Waals surface area (Å²) in [7, 11) is 0. The number of aromatic nitrogens is 1. The van der Waals surface area contributed by atoms with Gasteiger partial charge < -0.3 is 31.2 Å². The van der Waals surface area contributed by atoms with E-state index in [1.54, 1.807) is 18.7 Å². The number of H-pyrrole nitrogens is 1. The molecule has 1 aromatic rings. The Morgan fingerprint density at radius 1 is 0.906 bits per heavy atom. The highest BCUT2D eigenvalue weighted by Crippen LogP contribution is 2.54. The Balaban J connectivity index is 1.25. The molecule has 0 bridgehead atoms. The molecule has 53 heavy (non-hydrogen) atoms. The highest BCUT2D eigenvalue weighted by atomic mass is 16.2. The Labute approximate surface area is 312 Å². The van der Waals surface area contributed by atoms with Gasteiger partial charge in [0.2, 0.25) is 23.5 Å². The van der Waals surface area contributed by atoms with Crippen LogP contribution in [-0.4, -0.2) is 87.2 Å². The fourth-order valence-corrected chi connectivity index (χ4v) is 9.94. The van der Waals surface area contributed by atoms with Crippen LogP contribution < -0.4 is 21.3 Å². The molecule has 2 unspecified atom stereocenters. The van der Waals surface area contributed by atoms with Crippen molar-refractivity contribution in [2.75, 3.05) is 0 Å². The zero-order valence-electron chi connectivity index (χ0n) is 32.2. The fraction of sp³-hybridized carbons (Fsp3) is 0.725. The van der Waals surface area contributed by atoms with Crippen LogP contribution in [0.25, 0.3) is 0 Å². The van der Waals surface area contributed by atoms with E-state index in [-0.39, 0.29) is 47.2 Å². The summed E-state index contributed by atoms with van der Waals surface area (Å²) in [6, 6.07) is -3.92. The van der Waals surface area contributed by atoms with Crippen molar-refractivity contribution in [2.24, 2.45) is 23.2 Å². The first-order valence-electron chi connectivity index (χ1n) is 19.9. The second kappa shape index (κ2) is 15.4. The van der Waals surface area contributed by atoms with Crippen molar-refractivity contribution in [3.8, 4) is 0 Å². The van der Waals surface area contributed by atoms with E-state index >= 15 is 0 Å². The van der Waals surface area contributed by atoms with Gasteiger partial charge in [0.15, 0.2) is 5.78 Å². The van der Waals surface area contributed by atoms with Gasteiger partial charge in [0.1, 0.15) is 23.8 Å². The third-order valence-corrected chi connectivity index (χ3v) is 13.1. The molecule has 290 valence electrons. The Hall–Kier alpha value is -4.03. The van der Waals surface area contributed by atoms with E-state index in [9.17, 15) is 33.6 Å². The van der Waals surface area contributed by atoms with Gasteiger partial charge in [0, 0.05) is 17.8 Å². The number of amides is 5. The lowest BCUT2D eigenvalue weighted by Crippen LogP contribution is -2.70. The summed E-state index contributed by atoms with van der Waals surface area (Å²) >= 11 is 0. The van der Waals surface area contributed by atoms with E-state index in [1.807, 2.05) is 20.8 Å². The molecule has 13 nitrogen and oxygen atoms in total. The number of rotatable bonds is 13. The predicted molar refractivity (Wildman–Crippen MR) is 197 cm³/mol. The fourth-order valence-electron chi connectivity index (χ4n) is 9.94. The Morgan fingerprint density at radius 3 is 2.25 bits per heavy atom. The van der Waals surface area contributed by atoms with E-state index in [1.165, 1.54) is 6.92 Å².